The number of benzene rings is 3. The zero-order valence-corrected chi connectivity index (χ0v) is 21.7. The maximum atomic E-state index is 15.0. The van der Waals surface area contributed by atoms with Gasteiger partial charge in [0.05, 0.1) is 12.7 Å². The lowest BCUT2D eigenvalue weighted by Crippen LogP contribution is -2.25. The van der Waals surface area contributed by atoms with E-state index in [1.54, 1.807) is 0 Å². The van der Waals surface area contributed by atoms with Crippen LogP contribution >= 0.6 is 0 Å². The van der Waals surface area contributed by atoms with Gasteiger partial charge in [-0.3, -0.25) is 0 Å². The molecular weight excluding hydrogens is 579 g/mol. The van der Waals surface area contributed by atoms with Gasteiger partial charge in [-0.1, -0.05) is 18.2 Å². The van der Waals surface area contributed by atoms with Gasteiger partial charge in [-0.25, -0.2) is 22.0 Å². The molecule has 1 heterocycles. The van der Waals surface area contributed by atoms with Gasteiger partial charge in [-0.2, -0.15) is 17.6 Å². The van der Waals surface area contributed by atoms with Gasteiger partial charge in [-0.15, -0.1) is 6.58 Å². The van der Waals surface area contributed by atoms with Crippen molar-refractivity contribution in [1.29, 1.82) is 0 Å². The zero-order valence-electron chi connectivity index (χ0n) is 21.7. The monoisotopic (exact) mass is 602 g/mol. The van der Waals surface area contributed by atoms with Gasteiger partial charge in [0.25, 0.3) is 0 Å². The van der Waals surface area contributed by atoms with Crippen molar-refractivity contribution in [2.45, 2.75) is 37.9 Å². The fourth-order valence-corrected chi connectivity index (χ4v) is 4.63. The van der Waals surface area contributed by atoms with Crippen LogP contribution in [0.1, 0.15) is 42.9 Å². The van der Waals surface area contributed by atoms with Crippen molar-refractivity contribution < 1.29 is 53.7 Å². The normalized spacial score (nSPS) is 17.1. The van der Waals surface area contributed by atoms with Gasteiger partial charge in [0, 0.05) is 17.7 Å². The van der Waals surface area contributed by atoms with Crippen LogP contribution in [0, 0.1) is 35.0 Å². The van der Waals surface area contributed by atoms with Crippen molar-refractivity contribution in [3.05, 3.63) is 108 Å². The lowest BCUT2D eigenvalue weighted by molar-refractivity contribution is -0.189. The van der Waals surface area contributed by atoms with Crippen LogP contribution in [0.25, 0.3) is 11.1 Å². The van der Waals surface area contributed by atoms with Crippen molar-refractivity contribution in [3.63, 3.8) is 0 Å². The van der Waals surface area contributed by atoms with E-state index in [4.69, 9.17) is 4.74 Å². The predicted octanol–water partition coefficient (Wildman–Crippen LogP) is 9.73. The van der Waals surface area contributed by atoms with Crippen LogP contribution < -0.4 is 9.47 Å². The minimum atomic E-state index is -4.80. The minimum Gasteiger partial charge on any atom is -0.453 e. The van der Waals surface area contributed by atoms with Crippen molar-refractivity contribution in [3.8, 4) is 22.6 Å². The summed E-state index contributed by atoms with van der Waals surface area (Å²) in [4.78, 5) is 0. The zero-order chi connectivity index (χ0) is 30.6. The molecule has 3 aromatic carbocycles. The smallest absolute Gasteiger partial charge is 0.432 e. The highest BCUT2D eigenvalue weighted by atomic mass is 19.3. The molecule has 1 fully saturated rings. The van der Waals surface area contributed by atoms with E-state index in [1.807, 2.05) is 6.08 Å². The van der Waals surface area contributed by atoms with Crippen molar-refractivity contribution >= 4 is 0 Å². The molecule has 0 bridgehead atoms. The molecule has 2 unspecified atom stereocenters. The Morgan fingerprint density at radius 1 is 0.905 bits per heavy atom. The molecule has 12 heteroatoms. The standard InChI is InChI=1S/C30H23F9O3/c1-2-3-4-16-5-8-26(40-14-16)17-6-7-20(21(31)9-17)18-10-22(32)28(23(33)11-18)30(38,39)42-19-12-24(34)29(25(35)13-19)41-15-27(36)37/h2,6-7,9-13,15-16,26H,1,3-5,8,14H2. The van der Waals surface area contributed by atoms with E-state index in [2.05, 4.69) is 16.1 Å². The number of halogens is 9. The van der Waals surface area contributed by atoms with Gasteiger partial charge in [-0.05, 0) is 60.9 Å². The Bertz CT molecular complexity index is 1430. The Morgan fingerprint density at radius 3 is 2.12 bits per heavy atom. The average Bonchev–Trinajstić information content (AvgIpc) is 2.90. The van der Waals surface area contributed by atoms with Crippen LogP contribution in [-0.4, -0.2) is 6.61 Å². The largest absolute Gasteiger partial charge is 0.453 e. The first-order valence-corrected chi connectivity index (χ1v) is 12.6. The summed E-state index contributed by atoms with van der Waals surface area (Å²) in [5.41, 5.74) is -2.06. The summed E-state index contributed by atoms with van der Waals surface area (Å²) in [5, 5.41) is 0. The topological polar surface area (TPSA) is 27.7 Å². The number of alkyl halides is 2. The number of allylic oxidation sites excluding steroid dienone is 1. The second-order valence-corrected chi connectivity index (χ2v) is 9.55. The highest BCUT2D eigenvalue weighted by molar-refractivity contribution is 5.65. The average molecular weight is 602 g/mol. The molecule has 3 nitrogen and oxygen atoms in total. The fraction of sp³-hybridized carbons (Fsp3) is 0.267. The first-order valence-electron chi connectivity index (χ1n) is 12.6. The highest BCUT2D eigenvalue weighted by Crippen LogP contribution is 2.40. The minimum absolute atomic E-state index is 0.148. The Kier molecular flexibility index (Phi) is 9.55. The van der Waals surface area contributed by atoms with E-state index >= 15 is 4.39 Å². The Hall–Kier alpha value is -3.93. The highest BCUT2D eigenvalue weighted by Gasteiger charge is 2.41. The van der Waals surface area contributed by atoms with Gasteiger partial charge in [0.15, 0.2) is 23.6 Å². The first-order chi connectivity index (χ1) is 19.9. The fourth-order valence-electron chi connectivity index (χ4n) is 4.63. The van der Waals surface area contributed by atoms with Crippen LogP contribution in [0.15, 0.2) is 67.5 Å². The molecule has 0 aromatic heterocycles. The van der Waals surface area contributed by atoms with E-state index in [-0.39, 0.29) is 30.1 Å². The lowest BCUT2D eigenvalue weighted by Gasteiger charge is -2.29. The van der Waals surface area contributed by atoms with Crippen molar-refractivity contribution in [2.24, 2.45) is 5.92 Å². The summed E-state index contributed by atoms with van der Waals surface area (Å²) in [6.45, 7) is 4.18. The van der Waals surface area contributed by atoms with E-state index in [9.17, 15) is 35.1 Å². The maximum absolute atomic E-state index is 15.0. The second-order valence-electron chi connectivity index (χ2n) is 9.55. The molecule has 2 atom stereocenters. The van der Waals surface area contributed by atoms with Crippen LogP contribution in [0.4, 0.5) is 39.5 Å². The number of hydrogen-bond donors (Lipinski definition) is 0. The maximum Gasteiger partial charge on any atom is 0.432 e. The molecule has 1 aliphatic rings. The molecule has 0 amide bonds. The Labute approximate surface area is 234 Å². The van der Waals surface area contributed by atoms with Crippen LogP contribution in [0.5, 0.6) is 11.5 Å². The van der Waals surface area contributed by atoms with Gasteiger partial charge >= 0.3 is 12.2 Å². The molecule has 0 saturated carbocycles. The van der Waals surface area contributed by atoms with E-state index in [0.717, 1.165) is 25.3 Å². The van der Waals surface area contributed by atoms with Gasteiger partial charge in [0.1, 0.15) is 28.8 Å². The molecular formula is C30H23F9O3. The van der Waals surface area contributed by atoms with Crippen molar-refractivity contribution in [1.82, 2.24) is 0 Å². The van der Waals surface area contributed by atoms with Crippen LogP contribution in [0.3, 0.4) is 0 Å². The third-order valence-corrected chi connectivity index (χ3v) is 6.64. The molecule has 3 aromatic rings. The van der Waals surface area contributed by atoms with E-state index in [1.165, 1.54) is 12.1 Å². The summed E-state index contributed by atoms with van der Waals surface area (Å²) >= 11 is 0. The quantitative estimate of drug-likeness (QED) is 0.131. The third-order valence-electron chi connectivity index (χ3n) is 6.64. The molecule has 4 rings (SSSR count). The van der Waals surface area contributed by atoms with E-state index in [0.29, 0.717) is 36.6 Å². The van der Waals surface area contributed by atoms with Gasteiger partial charge in [0.2, 0.25) is 0 Å². The SMILES string of the molecule is C=CCCC1CCC(c2ccc(-c3cc(F)c(C(F)(F)Oc4cc(F)c(OC=C(F)F)c(F)c4)c(F)c3)c(F)c2)OC1. The summed E-state index contributed by atoms with van der Waals surface area (Å²) < 4.78 is 141. The van der Waals surface area contributed by atoms with E-state index < -0.39 is 63.9 Å². The second kappa shape index (κ2) is 12.9. The Morgan fingerprint density at radius 2 is 1.57 bits per heavy atom. The number of rotatable bonds is 10. The third kappa shape index (κ3) is 7.10. The summed E-state index contributed by atoms with van der Waals surface area (Å²) in [6, 6.07) is 5.14. The molecule has 42 heavy (non-hydrogen) atoms. The molecule has 1 aliphatic heterocycles. The van der Waals surface area contributed by atoms with Crippen LogP contribution in [0.2, 0.25) is 0 Å². The number of ether oxygens (including phenoxy) is 3. The number of hydrogen-bond acceptors (Lipinski definition) is 3. The van der Waals surface area contributed by atoms with Crippen molar-refractivity contribution in [2.75, 3.05) is 6.61 Å². The Balaban J connectivity index is 1.53. The van der Waals surface area contributed by atoms with Gasteiger partial charge < -0.3 is 14.2 Å². The molecule has 0 aliphatic carbocycles. The summed E-state index contributed by atoms with van der Waals surface area (Å²) in [6.07, 6.45) is -2.78. The molecule has 1 saturated heterocycles. The summed E-state index contributed by atoms with van der Waals surface area (Å²) in [5.74, 6) is -10.2. The molecule has 0 radical (unpaired) electrons. The summed E-state index contributed by atoms with van der Waals surface area (Å²) in [7, 11) is 0. The lowest BCUT2D eigenvalue weighted by atomic mass is 9.91. The molecule has 0 N–H and O–H groups in total. The predicted molar refractivity (Wildman–Crippen MR) is 134 cm³/mol. The molecule has 0 spiro atoms. The molecule has 224 valence electrons. The first kappa shape index (κ1) is 31.0. The van der Waals surface area contributed by atoms with Crippen LogP contribution in [-0.2, 0) is 10.8 Å².